The van der Waals surface area contributed by atoms with Crippen LogP contribution in [0, 0.1) is 0 Å². The summed E-state index contributed by atoms with van der Waals surface area (Å²) in [6.45, 7) is 5.45. The van der Waals surface area contributed by atoms with Gasteiger partial charge in [0.2, 0.25) is 0 Å². The van der Waals surface area contributed by atoms with Crippen LogP contribution in [-0.2, 0) is 0 Å². The fourth-order valence-electron chi connectivity index (χ4n) is 1.70. The summed E-state index contributed by atoms with van der Waals surface area (Å²) in [4.78, 5) is 1.81. The van der Waals surface area contributed by atoms with Crippen molar-refractivity contribution in [2.45, 2.75) is 25.8 Å². The maximum Gasteiger partial charge on any atom is 0.276 e. The normalized spacial score (nSPS) is 28.2. The van der Waals surface area contributed by atoms with Crippen LogP contribution < -0.4 is 5.32 Å². The topological polar surface area (TPSA) is 15.3 Å². The Hall–Kier alpha value is -0.220. The van der Waals surface area contributed by atoms with Gasteiger partial charge in [0, 0.05) is 6.54 Å². The quantitative estimate of drug-likeness (QED) is 0.691. The number of nitrogens with zero attached hydrogens (tertiary/aromatic N) is 1. The van der Waals surface area contributed by atoms with E-state index in [1.807, 2.05) is 13.8 Å². The van der Waals surface area contributed by atoms with E-state index in [1.54, 1.807) is 4.90 Å². The second kappa shape index (κ2) is 3.66. The Bertz CT molecular complexity index is 146. The summed E-state index contributed by atoms with van der Waals surface area (Å²) < 4.78 is 26.3. The third kappa shape index (κ3) is 1.75. The first kappa shape index (κ1) is 9.86. The monoisotopic (exact) mass is 178 g/mol. The van der Waals surface area contributed by atoms with E-state index in [-0.39, 0.29) is 6.54 Å². The van der Waals surface area contributed by atoms with Gasteiger partial charge in [0.25, 0.3) is 5.92 Å². The number of nitrogens with one attached hydrogen (secondary N) is 1. The highest BCUT2D eigenvalue weighted by atomic mass is 19.3. The largest absolute Gasteiger partial charge is 0.309 e. The number of hydrogen-bond acceptors (Lipinski definition) is 2. The molecule has 0 saturated carbocycles. The average Bonchev–Trinajstić information content (AvgIpc) is 2.34. The van der Waals surface area contributed by atoms with Crippen molar-refractivity contribution in [1.82, 2.24) is 10.2 Å². The highest BCUT2D eigenvalue weighted by Crippen LogP contribution is 2.26. The summed E-state index contributed by atoms with van der Waals surface area (Å²) in [6, 6.07) is -0.604. The minimum Gasteiger partial charge on any atom is -0.309 e. The van der Waals surface area contributed by atoms with Crippen molar-refractivity contribution in [1.29, 1.82) is 0 Å². The molecular formula is C8H16F2N2. The van der Waals surface area contributed by atoms with E-state index >= 15 is 0 Å². The molecule has 2 nitrogen and oxygen atoms in total. The van der Waals surface area contributed by atoms with E-state index in [0.29, 0.717) is 19.6 Å². The first-order chi connectivity index (χ1) is 5.61. The van der Waals surface area contributed by atoms with Crippen molar-refractivity contribution in [3.05, 3.63) is 0 Å². The molecule has 1 saturated heterocycles. The Morgan fingerprint density at radius 1 is 1.42 bits per heavy atom. The van der Waals surface area contributed by atoms with Crippen LogP contribution >= 0.6 is 0 Å². The molecule has 72 valence electrons. The van der Waals surface area contributed by atoms with Gasteiger partial charge in [-0.15, -0.1) is 0 Å². The van der Waals surface area contributed by atoms with Crippen molar-refractivity contribution in [3.63, 3.8) is 0 Å². The Morgan fingerprint density at radius 3 is 2.33 bits per heavy atom. The zero-order chi connectivity index (χ0) is 9.19. The number of halogens is 2. The number of hydrogen-bond donors (Lipinski definition) is 1. The van der Waals surface area contributed by atoms with Crippen LogP contribution in [0.25, 0.3) is 0 Å². The maximum atomic E-state index is 13.1. The fraction of sp³-hybridized carbons (Fsp3) is 1.00. The molecule has 0 unspecified atom stereocenters. The molecule has 4 heteroatoms. The molecule has 1 heterocycles. The lowest BCUT2D eigenvalue weighted by Crippen LogP contribution is -2.46. The lowest BCUT2D eigenvalue weighted by molar-refractivity contribution is -0.0453. The molecule has 0 aromatic rings. The average molecular weight is 178 g/mol. The van der Waals surface area contributed by atoms with Crippen LogP contribution in [0.1, 0.15) is 13.8 Å². The molecule has 0 amide bonds. The van der Waals surface area contributed by atoms with Crippen molar-refractivity contribution < 1.29 is 8.78 Å². The molecule has 1 N–H and O–H groups in total. The lowest BCUT2D eigenvalue weighted by Gasteiger charge is -2.29. The minimum atomic E-state index is -2.55. The lowest BCUT2D eigenvalue weighted by atomic mass is 10.1. The van der Waals surface area contributed by atoms with Gasteiger partial charge in [0.15, 0.2) is 0 Å². The summed E-state index contributed by atoms with van der Waals surface area (Å²) in [5, 5.41) is 2.72. The van der Waals surface area contributed by atoms with Crippen molar-refractivity contribution in [2.75, 3.05) is 26.2 Å². The molecule has 0 radical (unpaired) electrons. The molecule has 1 rings (SSSR count). The van der Waals surface area contributed by atoms with Crippen molar-refractivity contribution in [2.24, 2.45) is 0 Å². The number of likely N-dealkylation sites (N-methyl/N-ethyl adjacent to an activating group) is 1. The summed E-state index contributed by atoms with van der Waals surface area (Å²) >= 11 is 0. The third-order valence-electron chi connectivity index (χ3n) is 2.44. The molecule has 12 heavy (non-hydrogen) atoms. The zero-order valence-electron chi connectivity index (χ0n) is 7.61. The highest BCUT2D eigenvalue weighted by Gasteiger charge is 2.46. The van der Waals surface area contributed by atoms with Gasteiger partial charge < -0.3 is 5.32 Å². The first-order valence-corrected chi connectivity index (χ1v) is 4.44. The first-order valence-electron chi connectivity index (χ1n) is 4.44. The molecule has 0 bridgehead atoms. The molecular weight excluding hydrogens is 162 g/mol. The smallest absolute Gasteiger partial charge is 0.276 e. The molecule has 1 atom stereocenters. The molecule has 1 aliphatic heterocycles. The van der Waals surface area contributed by atoms with Crippen LogP contribution in [0.2, 0.25) is 0 Å². The van der Waals surface area contributed by atoms with Crippen LogP contribution in [-0.4, -0.2) is 43.0 Å². The Balaban J connectivity index is 2.60. The van der Waals surface area contributed by atoms with Crippen LogP contribution in [0.4, 0.5) is 8.78 Å². The Labute approximate surface area is 71.9 Å². The predicted octanol–water partition coefficient (Wildman–Crippen LogP) is 0.935. The van der Waals surface area contributed by atoms with Gasteiger partial charge in [-0.05, 0) is 13.1 Å². The van der Waals surface area contributed by atoms with Gasteiger partial charge in [-0.1, -0.05) is 13.8 Å². The second-order valence-electron chi connectivity index (χ2n) is 3.13. The molecule has 1 aliphatic rings. The van der Waals surface area contributed by atoms with Gasteiger partial charge in [0.1, 0.15) is 0 Å². The Morgan fingerprint density at radius 2 is 2.00 bits per heavy atom. The van der Waals surface area contributed by atoms with Gasteiger partial charge in [-0.25, -0.2) is 8.78 Å². The summed E-state index contributed by atoms with van der Waals surface area (Å²) in [5.41, 5.74) is 0. The van der Waals surface area contributed by atoms with Crippen molar-refractivity contribution in [3.8, 4) is 0 Å². The van der Waals surface area contributed by atoms with E-state index < -0.39 is 12.0 Å². The summed E-state index contributed by atoms with van der Waals surface area (Å²) in [5.74, 6) is -2.55. The summed E-state index contributed by atoms with van der Waals surface area (Å²) in [7, 11) is 0. The molecule has 0 aromatic heterocycles. The van der Waals surface area contributed by atoms with E-state index in [2.05, 4.69) is 5.32 Å². The minimum absolute atomic E-state index is 0.172. The van der Waals surface area contributed by atoms with Crippen LogP contribution in [0.15, 0.2) is 0 Å². The summed E-state index contributed by atoms with van der Waals surface area (Å²) in [6.07, 6.45) is 0. The second-order valence-corrected chi connectivity index (χ2v) is 3.13. The standard InChI is InChI=1S/C8H16F2N2/c1-3-12(4-2)7-5-11-6-8(7,9)10/h7,11H,3-6H2,1-2H3/t7-/m0/s1. The fourth-order valence-corrected chi connectivity index (χ4v) is 1.70. The number of rotatable bonds is 3. The predicted molar refractivity (Wildman–Crippen MR) is 44.5 cm³/mol. The van der Waals surface area contributed by atoms with Crippen LogP contribution in [0.5, 0.6) is 0 Å². The molecule has 0 aliphatic carbocycles. The SMILES string of the molecule is CCN(CC)[C@H]1CNCC1(F)F. The van der Waals surface area contributed by atoms with E-state index in [9.17, 15) is 8.78 Å². The molecule has 0 aromatic carbocycles. The van der Waals surface area contributed by atoms with E-state index in [1.165, 1.54) is 0 Å². The zero-order valence-corrected chi connectivity index (χ0v) is 7.61. The molecule has 1 fully saturated rings. The van der Waals surface area contributed by atoms with E-state index in [0.717, 1.165) is 0 Å². The van der Waals surface area contributed by atoms with Crippen LogP contribution in [0.3, 0.4) is 0 Å². The maximum absolute atomic E-state index is 13.1. The van der Waals surface area contributed by atoms with Gasteiger partial charge in [0.05, 0.1) is 12.6 Å². The van der Waals surface area contributed by atoms with Gasteiger partial charge in [-0.3, -0.25) is 4.90 Å². The highest BCUT2D eigenvalue weighted by molar-refractivity contribution is 4.94. The number of alkyl halides is 2. The Kier molecular flexibility index (Phi) is 3.01. The van der Waals surface area contributed by atoms with Gasteiger partial charge in [-0.2, -0.15) is 0 Å². The van der Waals surface area contributed by atoms with Crippen molar-refractivity contribution >= 4 is 0 Å². The molecule has 0 spiro atoms. The third-order valence-corrected chi connectivity index (χ3v) is 2.44. The van der Waals surface area contributed by atoms with Gasteiger partial charge >= 0.3 is 0 Å². The van der Waals surface area contributed by atoms with E-state index in [4.69, 9.17) is 0 Å².